The molecule has 0 spiro atoms. The van der Waals surface area contributed by atoms with Crippen molar-refractivity contribution in [2.45, 2.75) is 97.2 Å². The monoisotopic (exact) mass is 447 g/mol. The third-order valence-electron chi connectivity index (χ3n) is 3.99. The van der Waals surface area contributed by atoms with Gasteiger partial charge in [0.1, 0.15) is 0 Å². The fourth-order valence-corrected chi connectivity index (χ4v) is 4.04. The van der Waals surface area contributed by atoms with E-state index in [2.05, 4.69) is 38.2 Å². The Labute approximate surface area is 181 Å². The van der Waals surface area contributed by atoms with Gasteiger partial charge in [0.2, 0.25) is 20.2 Å². The lowest BCUT2D eigenvalue weighted by Gasteiger charge is -2.36. The first-order valence-electron chi connectivity index (χ1n) is 10.7. The van der Waals surface area contributed by atoms with Crippen LogP contribution in [0.3, 0.4) is 0 Å². The molecule has 1 atom stereocenters. The second-order valence-corrected chi connectivity index (χ2v) is 9.29. The van der Waals surface area contributed by atoms with Crippen molar-refractivity contribution < 1.29 is 27.2 Å². The minimum atomic E-state index is -1.08. The lowest BCUT2D eigenvalue weighted by Crippen LogP contribution is -2.45. The molecule has 1 unspecified atom stereocenters. The van der Waals surface area contributed by atoms with E-state index in [4.69, 9.17) is 27.2 Å². The molecular weight excluding hydrogens is 408 g/mol. The summed E-state index contributed by atoms with van der Waals surface area (Å²) in [5, 5.41) is 0. The quantitative estimate of drug-likeness (QED) is 0.143. The molecule has 0 fully saturated rings. The molecule has 0 saturated heterocycles. The molecular formula is C19H39O6Si3. The lowest BCUT2D eigenvalue weighted by molar-refractivity contribution is -0.388. The molecule has 0 aromatic rings. The highest BCUT2D eigenvalue weighted by Gasteiger charge is 2.37. The van der Waals surface area contributed by atoms with Crippen LogP contribution in [0.2, 0.25) is 0 Å². The van der Waals surface area contributed by atoms with Crippen molar-refractivity contribution in [1.29, 1.82) is 0 Å². The number of unbranched alkanes of at least 4 members (excludes halogenated alkanes) is 4. The second kappa shape index (κ2) is 20.7. The highest BCUT2D eigenvalue weighted by molar-refractivity contribution is 6.42. The van der Waals surface area contributed by atoms with E-state index in [9.17, 15) is 0 Å². The second-order valence-electron chi connectivity index (χ2n) is 6.61. The van der Waals surface area contributed by atoms with E-state index >= 15 is 0 Å². The molecule has 0 aliphatic heterocycles. The summed E-state index contributed by atoms with van der Waals surface area (Å²) in [6.45, 7) is 11.1. The predicted molar refractivity (Wildman–Crippen MR) is 114 cm³/mol. The fourth-order valence-electron chi connectivity index (χ4n) is 2.26. The molecule has 0 aromatic carbocycles. The van der Waals surface area contributed by atoms with E-state index < -0.39 is 5.97 Å². The summed E-state index contributed by atoms with van der Waals surface area (Å²) in [5.41, 5.74) is -0.161. The maximum absolute atomic E-state index is 6.19. The molecule has 0 saturated carbocycles. The smallest absolute Gasteiger partial charge is 0.409 e. The van der Waals surface area contributed by atoms with Gasteiger partial charge in [-0.3, -0.25) is 0 Å². The molecule has 0 amide bonds. The summed E-state index contributed by atoms with van der Waals surface area (Å²) >= 11 is 0. The Bertz CT molecular complexity index is 290. The van der Waals surface area contributed by atoms with Crippen molar-refractivity contribution in [3.8, 4) is 0 Å². The van der Waals surface area contributed by atoms with Crippen LogP contribution in [-0.2, 0) is 27.2 Å². The van der Waals surface area contributed by atoms with E-state index in [-0.39, 0.29) is 25.5 Å². The molecule has 0 aliphatic rings. The number of rotatable bonds is 22. The van der Waals surface area contributed by atoms with Crippen LogP contribution in [0, 0.1) is 0 Å². The molecule has 0 heterocycles. The summed E-state index contributed by atoms with van der Waals surface area (Å²) in [6, 6.07) is 0. The zero-order chi connectivity index (χ0) is 20.9. The zero-order valence-corrected chi connectivity index (χ0v) is 21.2. The van der Waals surface area contributed by atoms with Crippen LogP contribution in [0.4, 0.5) is 0 Å². The van der Waals surface area contributed by atoms with Crippen LogP contribution < -0.4 is 0 Å². The molecule has 0 aliphatic carbocycles. The Morgan fingerprint density at radius 3 is 1.64 bits per heavy atom. The van der Waals surface area contributed by atoms with Crippen molar-refractivity contribution >= 4 is 30.3 Å². The minimum absolute atomic E-state index is 0.0742. The van der Waals surface area contributed by atoms with E-state index in [1.807, 2.05) is 0 Å². The average Bonchev–Trinajstić information content (AvgIpc) is 2.69. The molecule has 9 heteroatoms. The molecule has 7 radical (unpaired) electrons. The number of hydrogen-bond acceptors (Lipinski definition) is 6. The molecule has 6 nitrogen and oxygen atoms in total. The van der Waals surface area contributed by atoms with Gasteiger partial charge < -0.3 is 27.2 Å². The normalized spacial score (nSPS) is 13.2. The minimum Gasteiger partial charge on any atom is -0.435 e. The van der Waals surface area contributed by atoms with E-state index in [0.29, 0.717) is 32.8 Å². The van der Waals surface area contributed by atoms with E-state index in [0.717, 1.165) is 51.4 Å². The first kappa shape index (κ1) is 28.4. The van der Waals surface area contributed by atoms with E-state index in [1.165, 1.54) is 0 Å². The van der Waals surface area contributed by atoms with Crippen molar-refractivity contribution in [2.24, 2.45) is 0 Å². The molecule has 0 aromatic heterocycles. The zero-order valence-electron chi connectivity index (χ0n) is 18.2. The summed E-state index contributed by atoms with van der Waals surface area (Å²) in [5.74, 6) is -1.08. The maximum atomic E-state index is 6.19. The van der Waals surface area contributed by atoms with Crippen LogP contribution in [0.1, 0.15) is 85.5 Å². The summed E-state index contributed by atoms with van der Waals surface area (Å²) in [7, 11) is 3.03. The first-order chi connectivity index (χ1) is 13.7. The number of hydrogen-bond donors (Lipinski definition) is 0. The fraction of sp³-hybridized carbons (Fsp3) is 1.00. The van der Waals surface area contributed by atoms with Crippen molar-refractivity contribution in [2.75, 3.05) is 26.4 Å². The predicted octanol–water partition coefficient (Wildman–Crippen LogP) is 3.89. The van der Waals surface area contributed by atoms with Gasteiger partial charge in [0, 0.05) is 6.61 Å². The SMILES string of the molecule is CCCCOC(CC(OCCCC)(OCCCC)OCCCC)[Si]O[Si]O[Si]. The standard InChI is InChI=1S/C19H39O6Si3/c1-5-9-13-20-18(27-25-28-24-26)17-19(21-14-10-6-2,22-15-11-7-3)23-16-12-8-4/h18H,5-17H2,1-4H3. The summed E-state index contributed by atoms with van der Waals surface area (Å²) in [4.78, 5) is 0. The van der Waals surface area contributed by atoms with Gasteiger partial charge >= 0.3 is 10.0 Å². The van der Waals surface area contributed by atoms with Gasteiger partial charge in [-0.1, -0.05) is 53.4 Å². The highest BCUT2D eigenvalue weighted by atomic mass is 28.3. The maximum Gasteiger partial charge on any atom is 0.409 e. The molecule has 28 heavy (non-hydrogen) atoms. The third-order valence-corrected chi connectivity index (χ3v) is 5.76. The van der Waals surface area contributed by atoms with Crippen molar-refractivity contribution in [3.63, 3.8) is 0 Å². The van der Waals surface area contributed by atoms with Crippen LogP contribution in [-0.4, -0.2) is 68.4 Å². The summed E-state index contributed by atoms with van der Waals surface area (Å²) in [6.07, 6.45) is 8.66. The topological polar surface area (TPSA) is 55.4 Å². The summed E-state index contributed by atoms with van der Waals surface area (Å²) < 4.78 is 35.1. The average molecular weight is 448 g/mol. The van der Waals surface area contributed by atoms with Crippen molar-refractivity contribution in [3.05, 3.63) is 0 Å². The number of ether oxygens (including phenoxy) is 4. The Morgan fingerprint density at radius 2 is 1.21 bits per heavy atom. The van der Waals surface area contributed by atoms with Crippen LogP contribution in [0.25, 0.3) is 0 Å². The highest BCUT2D eigenvalue weighted by Crippen LogP contribution is 2.25. The van der Waals surface area contributed by atoms with Gasteiger partial charge in [-0.15, -0.1) is 0 Å². The van der Waals surface area contributed by atoms with Crippen LogP contribution in [0.5, 0.6) is 0 Å². The Hall–Kier alpha value is 0.411. The van der Waals surface area contributed by atoms with Crippen LogP contribution in [0.15, 0.2) is 0 Å². The third kappa shape index (κ3) is 15.3. The van der Waals surface area contributed by atoms with Gasteiger partial charge in [0.05, 0.1) is 32.0 Å². The molecule has 163 valence electrons. The first-order valence-corrected chi connectivity index (χ1v) is 12.9. The molecule has 0 bridgehead atoms. The van der Waals surface area contributed by atoms with Crippen molar-refractivity contribution in [1.82, 2.24) is 0 Å². The van der Waals surface area contributed by atoms with Gasteiger partial charge in [-0.2, -0.15) is 0 Å². The molecule has 0 N–H and O–H groups in total. The molecule has 0 rings (SSSR count). The Morgan fingerprint density at radius 1 is 0.750 bits per heavy atom. The van der Waals surface area contributed by atoms with Gasteiger partial charge in [0.15, 0.2) is 0 Å². The van der Waals surface area contributed by atoms with Gasteiger partial charge in [-0.05, 0) is 25.7 Å². The largest absolute Gasteiger partial charge is 0.435 e. The van der Waals surface area contributed by atoms with Gasteiger partial charge in [0.25, 0.3) is 5.97 Å². The van der Waals surface area contributed by atoms with E-state index in [1.54, 1.807) is 0 Å². The van der Waals surface area contributed by atoms with Crippen LogP contribution >= 0.6 is 0 Å². The Balaban J connectivity index is 5.15. The lowest BCUT2D eigenvalue weighted by atomic mass is 10.3. The van der Waals surface area contributed by atoms with Gasteiger partial charge in [-0.25, -0.2) is 0 Å². The Kier molecular flexibility index (Phi) is 21.0.